The summed E-state index contributed by atoms with van der Waals surface area (Å²) in [5.74, 6) is -1.86. The summed E-state index contributed by atoms with van der Waals surface area (Å²) in [6.07, 6.45) is -1.66. The number of nitrogens with one attached hydrogen (secondary N) is 3. The summed E-state index contributed by atoms with van der Waals surface area (Å²) >= 11 is 0. The quantitative estimate of drug-likeness (QED) is 0.306. The predicted octanol–water partition coefficient (Wildman–Crippen LogP) is 4.25. The molecule has 2 aliphatic heterocycles. The van der Waals surface area contributed by atoms with Crippen molar-refractivity contribution in [1.82, 2.24) is 16.0 Å². The molecule has 1 aromatic carbocycles. The number of nitrogens with two attached hydrogens (primary N) is 1. The Morgan fingerprint density at radius 3 is 1.67 bits per heavy atom. The molecule has 46 heavy (non-hydrogen) atoms. The van der Waals surface area contributed by atoms with Crippen molar-refractivity contribution in [2.45, 2.75) is 126 Å². The fourth-order valence-electron chi connectivity index (χ4n) is 4.36. The maximum atomic E-state index is 12.6. The Hall–Kier alpha value is -2.77. The standard InChI is InChI=1S/C20H30N2O5.C12H24N2O3.C2H6/c1-14(22-18(24)25-12-15-9-7-6-8-10-15)11-21-17(23)16-19(2,3)13-26-20(4,5)27-16;1-8(13)6-14-10(15)9-11(2,3)7-16-12(4,5)17-9;1-2/h6-10,14,16H,11-13H2,1-5H3,(H,21,23)(H,22,24);8-9H,6-7,13H2,1-5H3,(H,14,15);1-2H3/t14-,16-;8-,9-;/m11./s1. The molecule has 2 heterocycles. The van der Waals surface area contributed by atoms with E-state index >= 15 is 0 Å². The van der Waals surface area contributed by atoms with Crippen LogP contribution in [-0.2, 0) is 39.9 Å². The van der Waals surface area contributed by atoms with E-state index in [-0.39, 0.29) is 42.5 Å². The van der Waals surface area contributed by atoms with E-state index in [4.69, 9.17) is 29.4 Å². The molecule has 2 fully saturated rings. The van der Waals surface area contributed by atoms with E-state index in [1.54, 1.807) is 20.8 Å². The van der Waals surface area contributed by atoms with Crippen LogP contribution in [0.2, 0.25) is 0 Å². The lowest BCUT2D eigenvalue weighted by molar-refractivity contribution is -0.304. The van der Waals surface area contributed by atoms with Crippen LogP contribution in [-0.4, -0.2) is 80.1 Å². The zero-order chi connectivity index (χ0) is 35.3. The third-order valence-electron chi connectivity index (χ3n) is 7.04. The average Bonchev–Trinajstić information content (AvgIpc) is 2.98. The van der Waals surface area contributed by atoms with Crippen LogP contribution >= 0.6 is 0 Å². The van der Waals surface area contributed by atoms with Crippen molar-refractivity contribution in [3.05, 3.63) is 35.9 Å². The summed E-state index contributed by atoms with van der Waals surface area (Å²) in [4.78, 5) is 36.5. The van der Waals surface area contributed by atoms with E-state index < -0.39 is 35.3 Å². The number of amides is 3. The van der Waals surface area contributed by atoms with Gasteiger partial charge in [-0.05, 0) is 47.1 Å². The third-order valence-corrected chi connectivity index (χ3v) is 7.04. The molecule has 0 aromatic heterocycles. The average molecular weight is 653 g/mol. The Bertz CT molecular complexity index is 1090. The molecule has 1 aromatic rings. The molecule has 5 N–H and O–H groups in total. The van der Waals surface area contributed by atoms with Gasteiger partial charge in [0.1, 0.15) is 18.8 Å². The number of ether oxygens (including phenoxy) is 5. The fourth-order valence-corrected chi connectivity index (χ4v) is 4.36. The molecule has 2 saturated heterocycles. The molecule has 3 amide bonds. The summed E-state index contributed by atoms with van der Waals surface area (Å²) < 4.78 is 27.9. The molecular weight excluding hydrogens is 592 g/mol. The minimum absolute atomic E-state index is 0.0603. The summed E-state index contributed by atoms with van der Waals surface area (Å²) in [7, 11) is 0. The Labute approximate surface area is 276 Å². The van der Waals surface area contributed by atoms with Crippen LogP contribution in [0.4, 0.5) is 4.79 Å². The molecule has 0 unspecified atom stereocenters. The highest BCUT2D eigenvalue weighted by Gasteiger charge is 2.46. The van der Waals surface area contributed by atoms with Gasteiger partial charge in [-0.15, -0.1) is 0 Å². The first-order valence-corrected chi connectivity index (χ1v) is 16.1. The monoisotopic (exact) mass is 652 g/mol. The van der Waals surface area contributed by atoms with Crippen molar-refractivity contribution in [2.24, 2.45) is 16.6 Å². The molecule has 264 valence electrons. The second kappa shape index (κ2) is 18.0. The van der Waals surface area contributed by atoms with Crippen molar-refractivity contribution in [3.8, 4) is 0 Å². The second-order valence-corrected chi connectivity index (χ2v) is 13.9. The summed E-state index contributed by atoms with van der Waals surface area (Å²) in [5.41, 5.74) is 5.75. The van der Waals surface area contributed by atoms with Gasteiger partial charge >= 0.3 is 6.09 Å². The zero-order valence-corrected chi connectivity index (χ0v) is 30.1. The predicted molar refractivity (Wildman–Crippen MR) is 178 cm³/mol. The van der Waals surface area contributed by atoms with Gasteiger partial charge in [0.15, 0.2) is 11.6 Å². The Kier molecular flexibility index (Phi) is 16.1. The van der Waals surface area contributed by atoms with Crippen LogP contribution in [0, 0.1) is 10.8 Å². The van der Waals surface area contributed by atoms with Gasteiger partial charge in [0.05, 0.1) is 13.2 Å². The number of rotatable bonds is 9. The molecule has 0 saturated carbocycles. The minimum atomic E-state index is -0.803. The van der Waals surface area contributed by atoms with Gasteiger partial charge in [0.25, 0.3) is 0 Å². The molecule has 0 bridgehead atoms. The Morgan fingerprint density at radius 1 is 0.804 bits per heavy atom. The van der Waals surface area contributed by atoms with Crippen LogP contribution in [0.25, 0.3) is 0 Å². The highest BCUT2D eigenvalue weighted by atomic mass is 16.7. The summed E-state index contributed by atoms with van der Waals surface area (Å²) in [6.45, 7) is 24.5. The second-order valence-electron chi connectivity index (χ2n) is 13.9. The van der Waals surface area contributed by atoms with Crippen molar-refractivity contribution in [2.75, 3.05) is 26.3 Å². The van der Waals surface area contributed by atoms with E-state index in [0.717, 1.165) is 5.56 Å². The van der Waals surface area contributed by atoms with Crippen LogP contribution in [0.1, 0.15) is 88.6 Å². The normalized spacial score (nSPS) is 23.4. The van der Waals surface area contributed by atoms with E-state index in [0.29, 0.717) is 19.8 Å². The maximum Gasteiger partial charge on any atom is 0.407 e. The van der Waals surface area contributed by atoms with Gasteiger partial charge < -0.3 is 45.4 Å². The van der Waals surface area contributed by atoms with Crippen molar-refractivity contribution < 1.29 is 38.1 Å². The lowest BCUT2D eigenvalue weighted by Gasteiger charge is -2.44. The smallest absolute Gasteiger partial charge is 0.407 e. The van der Waals surface area contributed by atoms with Crippen molar-refractivity contribution in [1.29, 1.82) is 0 Å². The van der Waals surface area contributed by atoms with Crippen LogP contribution in [0.15, 0.2) is 30.3 Å². The first-order valence-electron chi connectivity index (χ1n) is 16.1. The first-order chi connectivity index (χ1) is 21.2. The lowest BCUT2D eigenvalue weighted by atomic mass is 9.85. The van der Waals surface area contributed by atoms with Gasteiger partial charge in [-0.2, -0.15) is 0 Å². The minimum Gasteiger partial charge on any atom is -0.445 e. The van der Waals surface area contributed by atoms with Gasteiger partial charge in [-0.1, -0.05) is 71.9 Å². The molecular formula is C34H60N4O8. The van der Waals surface area contributed by atoms with Gasteiger partial charge in [0, 0.05) is 36.0 Å². The number of hydrogen-bond donors (Lipinski definition) is 4. The van der Waals surface area contributed by atoms with E-state index in [1.165, 1.54) is 0 Å². The number of benzene rings is 1. The number of carbonyl (C=O) groups is 3. The first kappa shape index (κ1) is 41.3. The number of hydrogen-bond acceptors (Lipinski definition) is 9. The number of alkyl carbamates (subject to hydrolysis) is 1. The Morgan fingerprint density at radius 2 is 1.24 bits per heavy atom. The van der Waals surface area contributed by atoms with Crippen LogP contribution in [0.5, 0.6) is 0 Å². The molecule has 0 aliphatic carbocycles. The largest absolute Gasteiger partial charge is 0.445 e. The molecule has 12 heteroatoms. The molecule has 2 aliphatic rings. The summed E-state index contributed by atoms with van der Waals surface area (Å²) in [6, 6.07) is 9.09. The third kappa shape index (κ3) is 14.3. The van der Waals surface area contributed by atoms with Gasteiger partial charge in [0.2, 0.25) is 11.8 Å². The maximum absolute atomic E-state index is 12.6. The molecule has 4 atom stereocenters. The van der Waals surface area contributed by atoms with Crippen LogP contribution in [0.3, 0.4) is 0 Å². The lowest BCUT2D eigenvalue weighted by Crippen LogP contribution is -2.57. The van der Waals surface area contributed by atoms with Crippen molar-refractivity contribution in [3.63, 3.8) is 0 Å². The summed E-state index contributed by atoms with van der Waals surface area (Å²) in [5, 5.41) is 8.34. The van der Waals surface area contributed by atoms with E-state index in [9.17, 15) is 14.4 Å². The topological polar surface area (TPSA) is 159 Å². The van der Waals surface area contributed by atoms with Gasteiger partial charge in [-0.25, -0.2) is 4.79 Å². The zero-order valence-electron chi connectivity index (χ0n) is 30.1. The van der Waals surface area contributed by atoms with E-state index in [2.05, 4.69) is 16.0 Å². The highest BCUT2D eigenvalue weighted by Crippen LogP contribution is 2.35. The Balaban J connectivity index is 0.000000479. The number of carbonyl (C=O) groups excluding carboxylic acids is 3. The molecule has 12 nitrogen and oxygen atoms in total. The molecule has 0 radical (unpaired) electrons. The molecule has 3 rings (SSSR count). The fraction of sp³-hybridized carbons (Fsp3) is 0.735. The van der Waals surface area contributed by atoms with Crippen LogP contribution < -0.4 is 21.7 Å². The van der Waals surface area contributed by atoms with E-state index in [1.807, 2.05) is 92.6 Å². The van der Waals surface area contributed by atoms with Crippen molar-refractivity contribution >= 4 is 17.9 Å². The SMILES string of the molecule is CC.C[C@@H](N)CNC(=O)[C@H]1OC(C)(C)OCC1(C)C.C[C@H](CNC(=O)[C@H]1OC(C)(C)OCC1(C)C)NC(=O)OCc1ccccc1. The highest BCUT2D eigenvalue weighted by molar-refractivity contribution is 5.82. The van der Waals surface area contributed by atoms with Gasteiger partial charge in [-0.3, -0.25) is 9.59 Å². The molecule has 0 spiro atoms.